The Labute approximate surface area is 223 Å². The zero-order chi connectivity index (χ0) is 27.1. The minimum absolute atomic E-state index is 0.0457. The van der Waals surface area contributed by atoms with Crippen molar-refractivity contribution < 1.29 is 14.6 Å². The lowest BCUT2D eigenvalue weighted by molar-refractivity contribution is 0.0699. The van der Waals surface area contributed by atoms with Gasteiger partial charge in [-0.2, -0.15) is 5.26 Å². The number of nitrogens with one attached hydrogen (secondary N) is 1. The van der Waals surface area contributed by atoms with Gasteiger partial charge in [0.15, 0.2) is 0 Å². The van der Waals surface area contributed by atoms with Crippen molar-refractivity contribution in [2.75, 3.05) is 6.61 Å². The van der Waals surface area contributed by atoms with Gasteiger partial charge in [-0.1, -0.05) is 11.6 Å². The summed E-state index contributed by atoms with van der Waals surface area (Å²) in [5.74, 6) is -0.195. The second kappa shape index (κ2) is 9.74. The molecule has 5 aromatic rings. The molecule has 0 bridgehead atoms. The van der Waals surface area contributed by atoms with Crippen molar-refractivity contribution in [1.29, 1.82) is 5.26 Å². The Morgan fingerprint density at radius 3 is 2.76 bits per heavy atom. The molecule has 0 aliphatic carbocycles. The van der Waals surface area contributed by atoms with E-state index in [4.69, 9.17) is 16.3 Å². The number of ether oxygens (including phenoxy) is 1. The van der Waals surface area contributed by atoms with Gasteiger partial charge in [-0.3, -0.25) is 19.1 Å². The molecule has 0 radical (unpaired) electrons. The first-order valence-electron chi connectivity index (χ1n) is 11.3. The van der Waals surface area contributed by atoms with Gasteiger partial charge < -0.3 is 14.8 Å². The first-order chi connectivity index (χ1) is 18.2. The van der Waals surface area contributed by atoms with Crippen LogP contribution in [0.25, 0.3) is 32.2 Å². The molecule has 4 aromatic heterocycles. The van der Waals surface area contributed by atoms with Crippen molar-refractivity contribution in [3.63, 3.8) is 0 Å². The van der Waals surface area contributed by atoms with Crippen LogP contribution in [-0.4, -0.2) is 37.2 Å². The van der Waals surface area contributed by atoms with Gasteiger partial charge in [-0.15, -0.1) is 11.3 Å². The Morgan fingerprint density at radius 1 is 1.24 bits per heavy atom. The van der Waals surface area contributed by atoms with Gasteiger partial charge in [0.25, 0.3) is 11.1 Å². The van der Waals surface area contributed by atoms with Crippen LogP contribution in [0, 0.1) is 25.2 Å². The van der Waals surface area contributed by atoms with Crippen LogP contribution >= 0.6 is 22.9 Å². The number of nitriles is 1. The summed E-state index contributed by atoms with van der Waals surface area (Å²) in [5, 5.41) is 20.9. The number of fused-ring (bicyclic) bond motifs is 2. The fourth-order valence-corrected chi connectivity index (χ4v) is 5.47. The van der Waals surface area contributed by atoms with Crippen LogP contribution < -0.4 is 15.9 Å². The number of carboxylic acids is 1. The topological polar surface area (TPSA) is 151 Å². The van der Waals surface area contributed by atoms with E-state index < -0.39 is 17.1 Å². The maximum Gasteiger partial charge on any atom is 0.338 e. The number of pyridine rings is 2. The van der Waals surface area contributed by atoms with Crippen molar-refractivity contribution in [3.8, 4) is 22.9 Å². The second-order valence-electron chi connectivity index (χ2n) is 8.41. The molecule has 0 aliphatic rings. The molecule has 190 valence electrons. The predicted octanol–water partition coefficient (Wildman–Crippen LogP) is 4.28. The number of hydrogen-bond donors (Lipinski definition) is 2. The molecule has 1 aromatic carbocycles. The Hall–Kier alpha value is -4.53. The van der Waals surface area contributed by atoms with Gasteiger partial charge in [0.1, 0.15) is 29.8 Å². The van der Waals surface area contributed by atoms with E-state index in [1.54, 1.807) is 43.5 Å². The van der Waals surface area contributed by atoms with Gasteiger partial charge in [0.05, 0.1) is 33.2 Å². The van der Waals surface area contributed by atoms with E-state index in [1.165, 1.54) is 22.1 Å². The third kappa shape index (κ3) is 4.30. The number of hydrogen-bond acceptors (Lipinski definition) is 8. The highest BCUT2D eigenvalue weighted by atomic mass is 35.5. The minimum atomic E-state index is -1.06. The van der Waals surface area contributed by atoms with Gasteiger partial charge in [0, 0.05) is 33.4 Å². The number of aryl methyl sites for hydroxylation is 2. The summed E-state index contributed by atoms with van der Waals surface area (Å²) >= 11 is 7.58. The number of halogens is 1. The Bertz CT molecular complexity index is 1940. The standard InChI is InChI=1S/C26H18ClN5O5S/c1-12-7-16(23-22(30-12)18(11-38-23)26(35)36)15-8-14(27)3-4-20(15)37-6-5-32-13(2)31-19-10-29-24(33)17(9-28)21(19)25(32)34/h3-4,7-8,10-11H,5-6H2,1-2H3,(H,29,33)(H,35,36). The van der Waals surface area contributed by atoms with E-state index in [-0.39, 0.29) is 35.2 Å². The molecule has 2 N–H and O–H groups in total. The molecule has 0 aliphatic heterocycles. The average molecular weight is 548 g/mol. The van der Waals surface area contributed by atoms with Crippen LogP contribution in [0.5, 0.6) is 5.75 Å². The number of H-pyrrole nitrogens is 1. The van der Waals surface area contributed by atoms with Crippen LogP contribution in [0.2, 0.25) is 5.02 Å². The van der Waals surface area contributed by atoms with E-state index in [0.717, 1.165) is 5.56 Å². The Balaban J connectivity index is 1.52. The van der Waals surface area contributed by atoms with Crippen LogP contribution in [0.1, 0.15) is 27.4 Å². The molecular weight excluding hydrogens is 530 g/mol. The van der Waals surface area contributed by atoms with Crippen molar-refractivity contribution in [2.24, 2.45) is 0 Å². The SMILES string of the molecule is Cc1cc(-c2cc(Cl)ccc2OCCn2c(C)nc3c[nH]c(=O)c(C#N)c3c2=O)c2scc(C(=O)O)c2n1. The van der Waals surface area contributed by atoms with Crippen LogP contribution in [0.4, 0.5) is 0 Å². The zero-order valence-electron chi connectivity index (χ0n) is 20.0. The third-order valence-electron chi connectivity index (χ3n) is 6.00. The van der Waals surface area contributed by atoms with Crippen molar-refractivity contribution >= 4 is 50.0 Å². The van der Waals surface area contributed by atoms with E-state index >= 15 is 0 Å². The zero-order valence-corrected chi connectivity index (χ0v) is 21.6. The van der Waals surface area contributed by atoms with Gasteiger partial charge in [-0.05, 0) is 38.1 Å². The molecule has 0 unspecified atom stereocenters. The Kier molecular flexibility index (Phi) is 6.44. The molecule has 12 heteroatoms. The fraction of sp³-hybridized carbons (Fsp3) is 0.154. The van der Waals surface area contributed by atoms with E-state index in [0.29, 0.717) is 38.1 Å². The smallest absolute Gasteiger partial charge is 0.338 e. The monoisotopic (exact) mass is 547 g/mol. The molecule has 5 rings (SSSR count). The summed E-state index contributed by atoms with van der Waals surface area (Å²) in [5.41, 5.74) is 1.28. The van der Waals surface area contributed by atoms with Gasteiger partial charge in [-0.25, -0.2) is 9.78 Å². The van der Waals surface area contributed by atoms with Gasteiger partial charge in [0.2, 0.25) is 0 Å². The van der Waals surface area contributed by atoms with Crippen LogP contribution in [0.15, 0.2) is 45.4 Å². The first-order valence-corrected chi connectivity index (χ1v) is 12.5. The molecule has 0 atom stereocenters. The molecule has 0 spiro atoms. The number of carbonyl (C=O) groups is 1. The molecule has 0 saturated carbocycles. The molecule has 10 nitrogen and oxygen atoms in total. The lowest BCUT2D eigenvalue weighted by Gasteiger charge is -2.15. The van der Waals surface area contributed by atoms with Crippen molar-refractivity contribution in [1.82, 2.24) is 19.5 Å². The van der Waals surface area contributed by atoms with E-state index in [2.05, 4.69) is 15.0 Å². The highest BCUT2D eigenvalue weighted by Crippen LogP contribution is 2.40. The quantitative estimate of drug-likeness (QED) is 0.319. The number of nitrogens with zero attached hydrogens (tertiary/aromatic N) is 4. The number of rotatable bonds is 6. The van der Waals surface area contributed by atoms with Crippen LogP contribution in [-0.2, 0) is 6.54 Å². The molecule has 38 heavy (non-hydrogen) atoms. The summed E-state index contributed by atoms with van der Waals surface area (Å²) in [6, 6.07) is 8.72. The lowest BCUT2D eigenvalue weighted by Crippen LogP contribution is -2.29. The van der Waals surface area contributed by atoms with Crippen molar-refractivity contribution in [2.45, 2.75) is 20.4 Å². The lowest BCUT2D eigenvalue weighted by atomic mass is 10.0. The number of aromatic nitrogens is 4. The summed E-state index contributed by atoms with van der Waals surface area (Å²) in [7, 11) is 0. The number of thiophene rings is 1. The normalized spacial score (nSPS) is 11.1. The predicted molar refractivity (Wildman–Crippen MR) is 143 cm³/mol. The molecule has 4 heterocycles. The second-order valence-corrected chi connectivity index (χ2v) is 9.73. The first kappa shape index (κ1) is 25.1. The Morgan fingerprint density at radius 2 is 2.03 bits per heavy atom. The minimum Gasteiger partial charge on any atom is -0.491 e. The highest BCUT2D eigenvalue weighted by molar-refractivity contribution is 7.18. The third-order valence-corrected chi connectivity index (χ3v) is 7.24. The number of carboxylic acid groups (broad SMARTS) is 1. The van der Waals surface area contributed by atoms with Gasteiger partial charge >= 0.3 is 5.97 Å². The van der Waals surface area contributed by atoms with E-state index in [9.17, 15) is 24.8 Å². The van der Waals surface area contributed by atoms with Crippen molar-refractivity contribution in [3.05, 3.63) is 84.2 Å². The maximum atomic E-state index is 13.2. The number of benzene rings is 1. The highest BCUT2D eigenvalue weighted by Gasteiger charge is 2.20. The summed E-state index contributed by atoms with van der Waals surface area (Å²) in [4.78, 5) is 48.1. The maximum absolute atomic E-state index is 13.2. The fourth-order valence-electron chi connectivity index (χ4n) is 4.29. The average Bonchev–Trinajstić information content (AvgIpc) is 3.30. The molecule has 0 saturated heterocycles. The molecular formula is C26H18ClN5O5S. The largest absolute Gasteiger partial charge is 0.491 e. The molecule has 0 amide bonds. The van der Waals surface area contributed by atoms with Crippen LogP contribution in [0.3, 0.4) is 0 Å². The summed E-state index contributed by atoms with van der Waals surface area (Å²) in [6.45, 7) is 3.59. The number of aromatic carboxylic acids is 1. The summed E-state index contributed by atoms with van der Waals surface area (Å²) in [6.07, 6.45) is 1.31. The number of aromatic amines is 1. The molecule has 0 fully saturated rings. The summed E-state index contributed by atoms with van der Waals surface area (Å²) < 4.78 is 8.12. The van der Waals surface area contributed by atoms with E-state index in [1.807, 2.05) is 6.07 Å².